The summed E-state index contributed by atoms with van der Waals surface area (Å²) in [4.78, 5) is 27.2. The predicted molar refractivity (Wildman–Crippen MR) is 141 cm³/mol. The number of Topliss-reactive ketones (excluding diaryl/α,β-unsaturated/α-hetero) is 2. The maximum absolute atomic E-state index is 13.6. The standard InChI is InChI=1S/C30H32BrNO3/c1-29(2)13-21-27(23(33)15-29)26(28-22(32-21)14-30(3,4)16-24(28)34)19-10-6-8-12-25(19)35-17-18-9-5-7-11-20(18)31/h5-12,26,32H,13-17H2,1-4H3. The second-order valence-electron chi connectivity index (χ2n) is 11.6. The Balaban J connectivity index is 1.62. The highest BCUT2D eigenvalue weighted by Crippen LogP contribution is 2.52. The molecular formula is C30H32BrNO3. The Morgan fingerprint density at radius 1 is 0.829 bits per heavy atom. The minimum atomic E-state index is -0.399. The van der Waals surface area contributed by atoms with Crippen molar-refractivity contribution in [2.45, 2.75) is 65.9 Å². The first-order chi connectivity index (χ1) is 16.5. The average molecular weight is 534 g/mol. The van der Waals surface area contributed by atoms with E-state index in [0.717, 1.165) is 51.0 Å². The van der Waals surface area contributed by atoms with Crippen LogP contribution < -0.4 is 10.1 Å². The Morgan fingerprint density at radius 2 is 1.37 bits per heavy atom. The SMILES string of the molecule is CC1(C)CC(=O)C2=C(C1)NC1=C(C(=O)CC(C)(C)C1)C2c1ccccc1OCc1ccccc1Br. The first-order valence-electron chi connectivity index (χ1n) is 12.3. The summed E-state index contributed by atoms with van der Waals surface area (Å²) in [5, 5.41) is 3.58. The molecule has 0 saturated heterocycles. The Morgan fingerprint density at radius 3 is 1.97 bits per heavy atom. The number of hydrogen-bond acceptors (Lipinski definition) is 4. The van der Waals surface area contributed by atoms with Gasteiger partial charge in [0.1, 0.15) is 12.4 Å². The number of carbonyl (C=O) groups excluding carboxylic acids is 2. The zero-order valence-corrected chi connectivity index (χ0v) is 22.4. The van der Waals surface area contributed by atoms with E-state index >= 15 is 0 Å². The molecule has 0 atom stereocenters. The molecule has 0 bridgehead atoms. The van der Waals surface area contributed by atoms with Gasteiger partial charge >= 0.3 is 0 Å². The van der Waals surface area contributed by atoms with Gasteiger partial charge in [0.05, 0.1) is 0 Å². The van der Waals surface area contributed by atoms with Crippen LogP contribution in [0.5, 0.6) is 5.75 Å². The molecular weight excluding hydrogens is 502 g/mol. The molecule has 1 N–H and O–H groups in total. The molecule has 0 spiro atoms. The summed E-state index contributed by atoms with van der Waals surface area (Å²) in [6.45, 7) is 8.95. The molecule has 0 unspecified atom stereocenters. The van der Waals surface area contributed by atoms with E-state index in [2.05, 4.69) is 48.9 Å². The Kier molecular flexibility index (Phi) is 6.03. The normalized spacial score (nSPS) is 21.4. The van der Waals surface area contributed by atoms with Crippen molar-refractivity contribution in [3.05, 3.63) is 86.7 Å². The Hall–Kier alpha value is -2.66. The summed E-state index contributed by atoms with van der Waals surface area (Å²) in [5.41, 5.74) is 5.13. The molecule has 1 aliphatic heterocycles. The molecule has 0 amide bonds. The van der Waals surface area contributed by atoms with Crippen molar-refractivity contribution >= 4 is 27.5 Å². The maximum atomic E-state index is 13.6. The van der Waals surface area contributed by atoms with Crippen LogP contribution in [-0.2, 0) is 16.2 Å². The molecule has 0 saturated carbocycles. The van der Waals surface area contributed by atoms with Gasteiger partial charge < -0.3 is 10.1 Å². The molecule has 5 rings (SSSR count). The Bertz CT molecular complexity index is 1230. The number of ether oxygens (including phenoxy) is 1. The van der Waals surface area contributed by atoms with Crippen molar-refractivity contribution in [1.29, 1.82) is 0 Å². The summed E-state index contributed by atoms with van der Waals surface area (Å²) in [6, 6.07) is 15.9. The fourth-order valence-electron chi connectivity index (χ4n) is 5.82. The van der Waals surface area contributed by atoms with Gasteiger partial charge in [-0.25, -0.2) is 0 Å². The monoisotopic (exact) mass is 533 g/mol. The summed E-state index contributed by atoms with van der Waals surface area (Å²) >= 11 is 3.60. The molecule has 2 aromatic rings. The fourth-order valence-corrected chi connectivity index (χ4v) is 6.22. The third-order valence-corrected chi connectivity index (χ3v) is 8.06. The average Bonchev–Trinajstić information content (AvgIpc) is 2.75. The lowest BCUT2D eigenvalue weighted by Gasteiger charge is -2.44. The van der Waals surface area contributed by atoms with E-state index in [1.165, 1.54) is 0 Å². The van der Waals surface area contributed by atoms with E-state index in [-0.39, 0.29) is 22.4 Å². The minimum absolute atomic E-state index is 0.116. The minimum Gasteiger partial charge on any atom is -0.489 e. The summed E-state index contributed by atoms with van der Waals surface area (Å²) in [6.07, 6.45) is 2.53. The topological polar surface area (TPSA) is 55.4 Å². The second-order valence-corrected chi connectivity index (χ2v) is 12.5. The molecule has 35 heavy (non-hydrogen) atoms. The van der Waals surface area contributed by atoms with Crippen molar-refractivity contribution in [3.63, 3.8) is 0 Å². The van der Waals surface area contributed by atoms with Gasteiger partial charge in [0.2, 0.25) is 0 Å². The van der Waals surface area contributed by atoms with E-state index in [4.69, 9.17) is 4.74 Å². The number of rotatable bonds is 4. The van der Waals surface area contributed by atoms with Gasteiger partial charge in [-0.05, 0) is 35.8 Å². The van der Waals surface area contributed by atoms with Gasteiger partial charge in [-0.15, -0.1) is 0 Å². The van der Waals surface area contributed by atoms with E-state index in [1.54, 1.807) is 0 Å². The molecule has 0 radical (unpaired) electrons. The lowest BCUT2D eigenvalue weighted by molar-refractivity contribution is -0.119. The molecule has 5 heteroatoms. The Labute approximate surface area is 216 Å². The number of halogens is 1. The highest BCUT2D eigenvalue weighted by atomic mass is 79.9. The first-order valence-corrected chi connectivity index (χ1v) is 13.1. The molecule has 2 aromatic carbocycles. The summed E-state index contributed by atoms with van der Waals surface area (Å²) in [7, 11) is 0. The molecule has 182 valence electrons. The number of hydrogen-bond donors (Lipinski definition) is 1. The van der Waals surface area contributed by atoms with Gasteiger partial charge in [0.15, 0.2) is 11.6 Å². The van der Waals surface area contributed by atoms with Crippen LogP contribution in [0.3, 0.4) is 0 Å². The van der Waals surface area contributed by atoms with Crippen LogP contribution in [0.2, 0.25) is 0 Å². The number of allylic oxidation sites excluding steroid dienone is 4. The van der Waals surface area contributed by atoms with Crippen molar-refractivity contribution in [3.8, 4) is 5.75 Å². The number of para-hydroxylation sites is 1. The number of ketones is 2. The summed E-state index contributed by atoms with van der Waals surface area (Å²) < 4.78 is 7.34. The number of nitrogens with one attached hydrogen (secondary N) is 1. The van der Waals surface area contributed by atoms with Crippen LogP contribution in [0, 0.1) is 10.8 Å². The fraction of sp³-hybridized carbons (Fsp3) is 0.400. The van der Waals surface area contributed by atoms with Crippen LogP contribution in [0.15, 0.2) is 75.5 Å². The lowest BCUT2D eigenvalue weighted by Crippen LogP contribution is -2.42. The summed E-state index contributed by atoms with van der Waals surface area (Å²) in [5.74, 6) is 0.560. The highest BCUT2D eigenvalue weighted by molar-refractivity contribution is 9.10. The maximum Gasteiger partial charge on any atom is 0.162 e. The zero-order valence-electron chi connectivity index (χ0n) is 20.8. The van der Waals surface area contributed by atoms with E-state index in [9.17, 15) is 9.59 Å². The molecule has 0 aromatic heterocycles. The van der Waals surface area contributed by atoms with Crippen molar-refractivity contribution < 1.29 is 14.3 Å². The predicted octanol–water partition coefficient (Wildman–Crippen LogP) is 7.00. The lowest BCUT2D eigenvalue weighted by atomic mass is 9.64. The molecule has 1 heterocycles. The van der Waals surface area contributed by atoms with E-state index in [0.29, 0.717) is 25.2 Å². The largest absolute Gasteiger partial charge is 0.489 e. The van der Waals surface area contributed by atoms with Gasteiger partial charge in [-0.3, -0.25) is 9.59 Å². The number of benzene rings is 2. The quantitative estimate of drug-likeness (QED) is 0.459. The molecule has 0 fully saturated rings. The van der Waals surface area contributed by atoms with Crippen molar-refractivity contribution in [2.75, 3.05) is 0 Å². The second kappa shape index (κ2) is 8.77. The third-order valence-electron chi connectivity index (χ3n) is 7.29. The number of carbonyl (C=O) groups is 2. The third kappa shape index (κ3) is 4.63. The van der Waals surface area contributed by atoms with Gasteiger partial charge in [0, 0.05) is 56.9 Å². The molecule has 4 nitrogen and oxygen atoms in total. The van der Waals surface area contributed by atoms with Crippen LogP contribution in [0.25, 0.3) is 0 Å². The van der Waals surface area contributed by atoms with Crippen molar-refractivity contribution in [2.24, 2.45) is 10.8 Å². The van der Waals surface area contributed by atoms with Crippen LogP contribution in [0.1, 0.15) is 70.4 Å². The van der Waals surface area contributed by atoms with Gasteiger partial charge in [-0.1, -0.05) is 80.0 Å². The smallest absolute Gasteiger partial charge is 0.162 e. The van der Waals surface area contributed by atoms with Crippen molar-refractivity contribution in [1.82, 2.24) is 5.32 Å². The first kappa shape index (κ1) is 24.1. The molecule has 2 aliphatic carbocycles. The van der Waals surface area contributed by atoms with Gasteiger partial charge in [0.25, 0.3) is 0 Å². The van der Waals surface area contributed by atoms with Gasteiger partial charge in [-0.2, -0.15) is 0 Å². The van der Waals surface area contributed by atoms with E-state index < -0.39 is 5.92 Å². The number of dihydropyridines is 1. The zero-order chi connectivity index (χ0) is 25.0. The highest BCUT2D eigenvalue weighted by Gasteiger charge is 2.47. The van der Waals surface area contributed by atoms with E-state index in [1.807, 2.05) is 48.5 Å². The van der Waals surface area contributed by atoms with Crippen LogP contribution in [0.4, 0.5) is 0 Å². The van der Waals surface area contributed by atoms with Crippen LogP contribution in [-0.4, -0.2) is 11.6 Å². The van der Waals surface area contributed by atoms with Crippen LogP contribution >= 0.6 is 15.9 Å². The molecule has 3 aliphatic rings.